The molecule has 1 aromatic carbocycles. The fraction of sp³-hybridized carbons (Fsp3) is 0.500. The van der Waals surface area contributed by atoms with Crippen molar-refractivity contribution in [1.29, 1.82) is 0 Å². The summed E-state index contributed by atoms with van der Waals surface area (Å²) in [6.45, 7) is 4.25. The first-order chi connectivity index (χ1) is 8.58. The lowest BCUT2D eigenvalue weighted by atomic mass is 9.96. The maximum atomic E-state index is 11.5. The maximum absolute atomic E-state index is 11.5. The number of para-hydroxylation sites is 1. The van der Waals surface area contributed by atoms with Gasteiger partial charge in [-0.1, -0.05) is 32.0 Å². The van der Waals surface area contributed by atoms with Gasteiger partial charge in [0.2, 0.25) is 5.91 Å². The molecule has 0 aliphatic rings. The summed E-state index contributed by atoms with van der Waals surface area (Å²) in [4.78, 5) is 11.5. The summed E-state index contributed by atoms with van der Waals surface area (Å²) in [5.74, 6) is 1.12. The lowest BCUT2D eigenvalue weighted by Gasteiger charge is -2.22. The van der Waals surface area contributed by atoms with E-state index in [1.807, 2.05) is 24.3 Å². The second kappa shape index (κ2) is 7.01. The van der Waals surface area contributed by atoms with Crippen molar-refractivity contribution in [2.45, 2.75) is 26.3 Å². The number of nitrogens with one attached hydrogen (secondary N) is 1. The van der Waals surface area contributed by atoms with E-state index in [2.05, 4.69) is 19.2 Å². The normalized spacial score (nSPS) is 12.3. The van der Waals surface area contributed by atoms with Gasteiger partial charge in [-0.05, 0) is 18.4 Å². The topological polar surface area (TPSA) is 64.3 Å². The summed E-state index contributed by atoms with van der Waals surface area (Å²) in [5, 5.41) is 2.95. The van der Waals surface area contributed by atoms with Gasteiger partial charge in [0.05, 0.1) is 19.7 Å². The van der Waals surface area contributed by atoms with Crippen molar-refractivity contribution in [3.63, 3.8) is 0 Å². The molecule has 0 bridgehead atoms. The molecule has 1 rings (SSSR count). The highest BCUT2D eigenvalue weighted by Crippen LogP contribution is 2.29. The Morgan fingerprint density at radius 2 is 2.06 bits per heavy atom. The minimum absolute atomic E-state index is 0.00371. The number of hydrogen-bond donors (Lipinski definition) is 2. The molecule has 18 heavy (non-hydrogen) atoms. The molecule has 100 valence electrons. The second-order valence-electron chi connectivity index (χ2n) is 4.70. The molecule has 1 atom stereocenters. The lowest BCUT2D eigenvalue weighted by Crippen LogP contribution is -2.34. The van der Waals surface area contributed by atoms with Crippen molar-refractivity contribution in [2.24, 2.45) is 11.7 Å². The van der Waals surface area contributed by atoms with E-state index in [-0.39, 0.29) is 18.5 Å². The Hall–Kier alpha value is -1.55. The number of nitrogens with two attached hydrogens (primary N) is 1. The number of carbonyl (C=O) groups is 1. The van der Waals surface area contributed by atoms with Crippen molar-refractivity contribution in [3.05, 3.63) is 29.8 Å². The Balaban J connectivity index is 2.96. The molecular formula is C14H22N2O2. The molecule has 3 N–H and O–H groups in total. The van der Waals surface area contributed by atoms with Gasteiger partial charge >= 0.3 is 0 Å². The average molecular weight is 250 g/mol. The molecule has 0 heterocycles. The quantitative estimate of drug-likeness (QED) is 0.810. The Labute approximate surface area is 109 Å². The molecular weight excluding hydrogens is 228 g/mol. The van der Waals surface area contributed by atoms with Gasteiger partial charge in [0.25, 0.3) is 0 Å². The minimum Gasteiger partial charge on any atom is -0.496 e. The SMILES string of the molecule is COc1ccccc1C(CC(C)C)NC(=O)CN. The number of benzene rings is 1. The third kappa shape index (κ3) is 4.04. The van der Waals surface area contributed by atoms with Gasteiger partial charge in [0.1, 0.15) is 5.75 Å². The number of rotatable bonds is 6. The van der Waals surface area contributed by atoms with Gasteiger partial charge < -0.3 is 15.8 Å². The van der Waals surface area contributed by atoms with Gasteiger partial charge in [-0.25, -0.2) is 0 Å². The van der Waals surface area contributed by atoms with Gasteiger partial charge in [-0.3, -0.25) is 4.79 Å². The monoisotopic (exact) mass is 250 g/mol. The predicted octanol–water partition coefficient (Wildman–Crippen LogP) is 1.86. The molecule has 4 heteroatoms. The third-order valence-electron chi connectivity index (χ3n) is 2.74. The van der Waals surface area contributed by atoms with Crippen LogP contribution in [0.5, 0.6) is 5.75 Å². The van der Waals surface area contributed by atoms with Crippen LogP contribution in [0, 0.1) is 5.92 Å². The van der Waals surface area contributed by atoms with E-state index in [9.17, 15) is 4.79 Å². The van der Waals surface area contributed by atoms with E-state index in [1.165, 1.54) is 0 Å². The smallest absolute Gasteiger partial charge is 0.234 e. The number of methoxy groups -OCH3 is 1. The van der Waals surface area contributed by atoms with Crippen LogP contribution in [-0.4, -0.2) is 19.6 Å². The number of ether oxygens (including phenoxy) is 1. The van der Waals surface area contributed by atoms with Crippen LogP contribution in [0.15, 0.2) is 24.3 Å². The molecule has 1 aromatic rings. The molecule has 1 amide bonds. The zero-order valence-corrected chi connectivity index (χ0v) is 11.3. The molecule has 0 aliphatic heterocycles. The first-order valence-corrected chi connectivity index (χ1v) is 6.20. The molecule has 0 aromatic heterocycles. The molecule has 0 radical (unpaired) electrons. The second-order valence-corrected chi connectivity index (χ2v) is 4.70. The molecule has 4 nitrogen and oxygen atoms in total. The summed E-state index contributed by atoms with van der Waals surface area (Å²) in [7, 11) is 1.63. The van der Waals surface area contributed by atoms with E-state index in [4.69, 9.17) is 10.5 Å². The largest absolute Gasteiger partial charge is 0.496 e. The van der Waals surface area contributed by atoms with E-state index < -0.39 is 0 Å². The third-order valence-corrected chi connectivity index (χ3v) is 2.74. The van der Waals surface area contributed by atoms with Crippen LogP contribution < -0.4 is 15.8 Å². The maximum Gasteiger partial charge on any atom is 0.234 e. The predicted molar refractivity (Wildman–Crippen MR) is 72.4 cm³/mol. The van der Waals surface area contributed by atoms with Crippen LogP contribution in [0.3, 0.4) is 0 Å². The average Bonchev–Trinajstić information content (AvgIpc) is 2.37. The van der Waals surface area contributed by atoms with Gasteiger partial charge in [0, 0.05) is 5.56 Å². The van der Waals surface area contributed by atoms with Crippen molar-refractivity contribution in [3.8, 4) is 5.75 Å². The summed E-state index contributed by atoms with van der Waals surface area (Å²) in [6, 6.07) is 7.68. The van der Waals surface area contributed by atoms with Crippen LogP contribution in [0.4, 0.5) is 0 Å². The first kappa shape index (κ1) is 14.5. The zero-order chi connectivity index (χ0) is 13.5. The number of hydrogen-bond acceptors (Lipinski definition) is 3. The van der Waals surface area contributed by atoms with E-state index in [1.54, 1.807) is 7.11 Å². The van der Waals surface area contributed by atoms with E-state index in [0.29, 0.717) is 5.92 Å². The summed E-state index contributed by atoms with van der Waals surface area (Å²) in [5.41, 5.74) is 6.35. The highest BCUT2D eigenvalue weighted by Gasteiger charge is 2.18. The fourth-order valence-corrected chi connectivity index (χ4v) is 1.94. The van der Waals surface area contributed by atoms with Crippen molar-refractivity contribution in [2.75, 3.05) is 13.7 Å². The number of amides is 1. The minimum atomic E-state index is -0.147. The molecule has 0 spiro atoms. The van der Waals surface area contributed by atoms with Gasteiger partial charge in [0.15, 0.2) is 0 Å². The Kier molecular flexibility index (Phi) is 5.65. The van der Waals surface area contributed by atoms with Crippen LogP contribution in [0.2, 0.25) is 0 Å². The Bertz CT molecular complexity index is 391. The van der Waals surface area contributed by atoms with Gasteiger partial charge in [-0.15, -0.1) is 0 Å². The van der Waals surface area contributed by atoms with Crippen molar-refractivity contribution in [1.82, 2.24) is 5.32 Å². The molecule has 0 aliphatic carbocycles. The van der Waals surface area contributed by atoms with Crippen molar-refractivity contribution < 1.29 is 9.53 Å². The van der Waals surface area contributed by atoms with Crippen molar-refractivity contribution >= 4 is 5.91 Å². The van der Waals surface area contributed by atoms with Crippen LogP contribution in [-0.2, 0) is 4.79 Å². The molecule has 1 unspecified atom stereocenters. The lowest BCUT2D eigenvalue weighted by molar-refractivity contribution is -0.120. The number of carbonyl (C=O) groups excluding carboxylic acids is 1. The Morgan fingerprint density at radius 1 is 1.39 bits per heavy atom. The van der Waals surface area contributed by atoms with Crippen LogP contribution in [0.25, 0.3) is 0 Å². The van der Waals surface area contributed by atoms with Gasteiger partial charge in [-0.2, -0.15) is 0 Å². The van der Waals surface area contributed by atoms with Crippen LogP contribution in [0.1, 0.15) is 31.9 Å². The highest BCUT2D eigenvalue weighted by atomic mass is 16.5. The first-order valence-electron chi connectivity index (χ1n) is 6.20. The highest BCUT2D eigenvalue weighted by molar-refractivity contribution is 5.78. The van der Waals surface area contributed by atoms with E-state index in [0.717, 1.165) is 17.7 Å². The molecule has 0 saturated carbocycles. The summed E-state index contributed by atoms with van der Waals surface area (Å²) < 4.78 is 5.34. The summed E-state index contributed by atoms with van der Waals surface area (Å²) in [6.07, 6.45) is 0.853. The standard InChI is InChI=1S/C14H22N2O2/c1-10(2)8-12(16-14(17)9-15)11-6-4-5-7-13(11)18-3/h4-7,10,12H,8-9,15H2,1-3H3,(H,16,17). The zero-order valence-electron chi connectivity index (χ0n) is 11.3. The molecule has 0 saturated heterocycles. The fourth-order valence-electron chi connectivity index (χ4n) is 1.94. The summed E-state index contributed by atoms with van der Waals surface area (Å²) >= 11 is 0. The molecule has 0 fully saturated rings. The Morgan fingerprint density at radius 3 is 2.61 bits per heavy atom. The van der Waals surface area contributed by atoms with E-state index >= 15 is 0 Å². The van der Waals surface area contributed by atoms with Crippen LogP contribution >= 0.6 is 0 Å².